The number of hydrogen-bond donors (Lipinski definition) is 1. The van der Waals surface area contributed by atoms with Gasteiger partial charge in [-0.25, -0.2) is 4.39 Å². The Hall–Kier alpha value is -3.36. The van der Waals surface area contributed by atoms with E-state index in [1.165, 1.54) is 19.4 Å². The van der Waals surface area contributed by atoms with Crippen LogP contribution >= 0.6 is 0 Å². The Morgan fingerprint density at radius 3 is 2.75 bits per heavy atom. The summed E-state index contributed by atoms with van der Waals surface area (Å²) in [4.78, 5) is 41.0. The molecule has 3 heterocycles. The first kappa shape index (κ1) is 21.9. The fourth-order valence-corrected chi connectivity index (χ4v) is 4.57. The number of fused-ring (bicyclic) bond motifs is 3. The maximum atomic E-state index is 14.1. The van der Waals surface area contributed by atoms with Crippen molar-refractivity contribution in [3.05, 3.63) is 62.8 Å². The van der Waals surface area contributed by atoms with Gasteiger partial charge in [0, 0.05) is 31.4 Å². The molecule has 1 atom stereocenters. The van der Waals surface area contributed by atoms with E-state index in [9.17, 15) is 18.8 Å². The van der Waals surface area contributed by atoms with Gasteiger partial charge in [0.2, 0.25) is 5.43 Å². The average Bonchev–Trinajstić information content (AvgIpc) is 2.78. The number of hydrogen-bond acceptors (Lipinski definition) is 5. The van der Waals surface area contributed by atoms with Gasteiger partial charge in [0.05, 0.1) is 7.11 Å². The molecule has 0 aliphatic carbocycles. The molecule has 1 saturated heterocycles. The summed E-state index contributed by atoms with van der Waals surface area (Å²) >= 11 is 0. The van der Waals surface area contributed by atoms with E-state index in [0.29, 0.717) is 24.2 Å². The van der Waals surface area contributed by atoms with Gasteiger partial charge in [0.25, 0.3) is 11.8 Å². The van der Waals surface area contributed by atoms with E-state index >= 15 is 0 Å². The summed E-state index contributed by atoms with van der Waals surface area (Å²) < 4.78 is 21.1. The molecular weight excluding hydrogens is 415 g/mol. The van der Waals surface area contributed by atoms with Crippen LogP contribution in [0.5, 0.6) is 5.75 Å². The van der Waals surface area contributed by atoms with Crippen LogP contribution in [0.4, 0.5) is 4.39 Å². The summed E-state index contributed by atoms with van der Waals surface area (Å²) in [6.07, 6.45) is 4.00. The number of carbonyl (C=O) groups excluding carboxylic acids is 2. The first-order valence-electron chi connectivity index (χ1n) is 10.8. The van der Waals surface area contributed by atoms with Crippen molar-refractivity contribution < 1.29 is 18.7 Å². The molecule has 2 aliphatic rings. The number of aromatic nitrogens is 1. The molecule has 0 bridgehead atoms. The number of methoxy groups -OCH3 is 1. The number of nitrogens with one attached hydrogen (secondary N) is 1. The number of rotatable bonds is 5. The molecule has 2 aromatic rings. The number of nitrogens with zero attached hydrogens (tertiary/aromatic N) is 3. The van der Waals surface area contributed by atoms with Gasteiger partial charge in [-0.3, -0.25) is 24.1 Å². The fourth-order valence-electron chi connectivity index (χ4n) is 4.57. The molecule has 170 valence electrons. The topological polar surface area (TPSA) is 83.9 Å². The summed E-state index contributed by atoms with van der Waals surface area (Å²) in [7, 11) is 1.31. The fraction of sp³-hybridized carbons (Fsp3) is 0.435. The lowest BCUT2D eigenvalue weighted by Gasteiger charge is -2.48. The highest BCUT2D eigenvalue weighted by Gasteiger charge is 2.41. The molecule has 0 radical (unpaired) electrons. The normalized spacial score (nSPS) is 17.6. The number of aryl methyl sites for hydroxylation is 1. The standard InChI is InChI=1S/C23H27FN4O4/c1-4-26-18-10-5-6-11-27(18)28-13-16(20(29)21(32-3)19(28)23(26)31)22(30)25-12-15-14(2)8-7-9-17(15)24/h7-9,13,18H,4-6,10-12H2,1-3H3,(H,25,30)/t18-/m0/s1. The molecular formula is C23H27FN4O4. The number of ether oxygens (including phenoxy) is 1. The van der Waals surface area contributed by atoms with E-state index < -0.39 is 17.2 Å². The van der Waals surface area contributed by atoms with Gasteiger partial charge in [-0.15, -0.1) is 0 Å². The van der Waals surface area contributed by atoms with E-state index in [1.54, 1.807) is 28.6 Å². The Balaban J connectivity index is 1.74. The minimum atomic E-state index is -0.665. The van der Waals surface area contributed by atoms with Crippen molar-refractivity contribution in [2.24, 2.45) is 0 Å². The monoisotopic (exact) mass is 442 g/mol. The van der Waals surface area contributed by atoms with Crippen LogP contribution in [0.1, 0.15) is 58.2 Å². The molecule has 0 spiro atoms. The zero-order chi connectivity index (χ0) is 23.0. The van der Waals surface area contributed by atoms with Gasteiger partial charge >= 0.3 is 0 Å². The molecule has 4 rings (SSSR count). The summed E-state index contributed by atoms with van der Waals surface area (Å²) in [5.41, 5.74) is 0.365. The van der Waals surface area contributed by atoms with E-state index in [1.807, 2.05) is 11.9 Å². The van der Waals surface area contributed by atoms with E-state index in [0.717, 1.165) is 19.3 Å². The molecule has 8 nitrogen and oxygen atoms in total. The first-order chi connectivity index (χ1) is 15.4. The van der Waals surface area contributed by atoms with Crippen molar-refractivity contribution in [2.45, 2.75) is 45.8 Å². The molecule has 2 amide bonds. The Bertz CT molecular complexity index is 1110. The minimum absolute atomic E-state index is 0.0598. The predicted octanol–water partition coefficient (Wildman–Crippen LogP) is 2.16. The van der Waals surface area contributed by atoms with Crippen molar-refractivity contribution >= 4 is 11.8 Å². The second kappa shape index (κ2) is 8.64. The third-order valence-electron chi connectivity index (χ3n) is 6.26. The minimum Gasteiger partial charge on any atom is -0.491 e. The molecule has 1 aromatic carbocycles. The van der Waals surface area contributed by atoms with Crippen LogP contribution in [0.25, 0.3) is 0 Å². The van der Waals surface area contributed by atoms with Gasteiger partial charge in [0.15, 0.2) is 11.4 Å². The maximum absolute atomic E-state index is 14.1. The van der Waals surface area contributed by atoms with Crippen molar-refractivity contribution in [2.75, 3.05) is 25.2 Å². The highest BCUT2D eigenvalue weighted by molar-refractivity contribution is 5.99. The van der Waals surface area contributed by atoms with Crippen LogP contribution in [0.15, 0.2) is 29.2 Å². The summed E-state index contributed by atoms with van der Waals surface area (Å²) in [5.74, 6) is -1.53. The number of halogens is 1. The molecule has 2 aliphatic heterocycles. The molecule has 32 heavy (non-hydrogen) atoms. The van der Waals surface area contributed by atoms with Gasteiger partial charge in [-0.2, -0.15) is 0 Å². The van der Waals surface area contributed by atoms with Crippen molar-refractivity contribution in [1.82, 2.24) is 14.9 Å². The average molecular weight is 442 g/mol. The summed E-state index contributed by atoms with van der Waals surface area (Å²) in [6, 6.07) is 4.68. The van der Waals surface area contributed by atoms with Gasteiger partial charge < -0.3 is 15.0 Å². The van der Waals surface area contributed by atoms with E-state index in [4.69, 9.17) is 4.74 Å². The molecule has 0 unspecified atom stereocenters. The SMILES string of the molecule is CCN1C(=O)c2c(OC)c(=O)c(C(=O)NCc3c(C)cccc3F)cn2N2CCCC[C@@H]12. The molecule has 1 N–H and O–H groups in total. The Kier molecular flexibility index (Phi) is 5.90. The second-order valence-corrected chi connectivity index (χ2v) is 8.05. The lowest BCUT2D eigenvalue weighted by atomic mass is 10.0. The van der Waals surface area contributed by atoms with Crippen LogP contribution in [-0.4, -0.2) is 47.8 Å². The number of carbonyl (C=O) groups is 2. The predicted molar refractivity (Wildman–Crippen MR) is 117 cm³/mol. The van der Waals surface area contributed by atoms with E-state index in [2.05, 4.69) is 5.32 Å². The quantitative estimate of drug-likeness (QED) is 0.767. The van der Waals surface area contributed by atoms with Crippen LogP contribution in [-0.2, 0) is 6.54 Å². The first-order valence-corrected chi connectivity index (χ1v) is 10.8. The smallest absolute Gasteiger partial charge is 0.278 e. The Morgan fingerprint density at radius 2 is 2.06 bits per heavy atom. The van der Waals surface area contributed by atoms with Crippen LogP contribution in [0, 0.1) is 12.7 Å². The number of benzene rings is 1. The van der Waals surface area contributed by atoms with E-state index in [-0.39, 0.29) is 35.6 Å². The lowest BCUT2D eigenvalue weighted by Crippen LogP contribution is -2.63. The van der Waals surface area contributed by atoms with Crippen molar-refractivity contribution in [1.29, 1.82) is 0 Å². The third-order valence-corrected chi connectivity index (χ3v) is 6.26. The zero-order valence-corrected chi connectivity index (χ0v) is 18.5. The Morgan fingerprint density at radius 1 is 1.28 bits per heavy atom. The summed E-state index contributed by atoms with van der Waals surface area (Å²) in [5, 5.41) is 4.64. The zero-order valence-electron chi connectivity index (χ0n) is 18.5. The van der Waals surface area contributed by atoms with Crippen LogP contribution in [0.3, 0.4) is 0 Å². The van der Waals surface area contributed by atoms with Crippen molar-refractivity contribution in [3.63, 3.8) is 0 Å². The number of piperidine rings is 1. The molecule has 9 heteroatoms. The van der Waals surface area contributed by atoms with Gasteiger partial charge in [-0.1, -0.05) is 12.1 Å². The highest BCUT2D eigenvalue weighted by Crippen LogP contribution is 2.29. The highest BCUT2D eigenvalue weighted by atomic mass is 19.1. The largest absolute Gasteiger partial charge is 0.491 e. The molecule has 1 aromatic heterocycles. The van der Waals surface area contributed by atoms with Gasteiger partial charge in [-0.05, 0) is 44.7 Å². The van der Waals surface area contributed by atoms with Crippen molar-refractivity contribution in [3.8, 4) is 5.75 Å². The maximum Gasteiger partial charge on any atom is 0.278 e. The third kappa shape index (κ3) is 3.51. The lowest BCUT2D eigenvalue weighted by molar-refractivity contribution is 0.0534. The Labute approximate surface area is 185 Å². The summed E-state index contributed by atoms with van der Waals surface area (Å²) in [6.45, 7) is 4.78. The second-order valence-electron chi connectivity index (χ2n) is 8.05. The van der Waals surface area contributed by atoms with Gasteiger partial charge in [0.1, 0.15) is 17.5 Å². The van der Waals surface area contributed by atoms with Crippen LogP contribution in [0.2, 0.25) is 0 Å². The molecule has 0 saturated carbocycles. The number of pyridine rings is 1. The van der Waals surface area contributed by atoms with Crippen LogP contribution < -0.4 is 20.5 Å². The number of amides is 2. The molecule has 1 fully saturated rings.